The molecule has 0 amide bonds. The van der Waals surface area contributed by atoms with Gasteiger partial charge >= 0.3 is 0 Å². The minimum Gasteiger partial charge on any atom is -0.378 e. The van der Waals surface area contributed by atoms with Gasteiger partial charge in [-0.2, -0.15) is 0 Å². The Morgan fingerprint density at radius 3 is 2.08 bits per heavy atom. The Morgan fingerprint density at radius 2 is 1.43 bits per heavy atom. The molecule has 0 bridgehead atoms. The Labute approximate surface area is 217 Å². The van der Waals surface area contributed by atoms with Crippen LogP contribution in [0.25, 0.3) is 22.3 Å². The van der Waals surface area contributed by atoms with Crippen molar-refractivity contribution in [3.8, 4) is 22.3 Å². The Kier molecular flexibility index (Phi) is 9.20. The molecule has 0 N–H and O–H groups in total. The van der Waals surface area contributed by atoms with Crippen LogP contribution in [0, 0.1) is 29.2 Å². The van der Waals surface area contributed by atoms with Crippen LogP contribution < -0.4 is 0 Å². The molecule has 3 aromatic rings. The number of hydrogen-bond donors (Lipinski definition) is 0. The van der Waals surface area contributed by atoms with Crippen LogP contribution in [-0.2, 0) is 17.6 Å². The van der Waals surface area contributed by atoms with Gasteiger partial charge in [0, 0.05) is 23.3 Å². The van der Waals surface area contributed by atoms with E-state index in [0.29, 0.717) is 37.0 Å². The number of allylic oxidation sites excluding steroid dienone is 1. The molecular formula is C32H34F4O. The van der Waals surface area contributed by atoms with Crippen molar-refractivity contribution in [2.75, 3.05) is 6.61 Å². The zero-order valence-electron chi connectivity index (χ0n) is 21.3. The van der Waals surface area contributed by atoms with E-state index in [2.05, 4.69) is 13.5 Å². The van der Waals surface area contributed by atoms with Crippen LogP contribution in [0.4, 0.5) is 17.6 Å². The fourth-order valence-corrected chi connectivity index (χ4v) is 5.09. The fourth-order valence-electron chi connectivity index (χ4n) is 5.09. The topological polar surface area (TPSA) is 9.23 Å². The van der Waals surface area contributed by atoms with Crippen LogP contribution in [0.1, 0.15) is 56.6 Å². The zero-order chi connectivity index (χ0) is 26.4. The lowest BCUT2D eigenvalue weighted by molar-refractivity contribution is -0.0218. The van der Waals surface area contributed by atoms with Crippen molar-refractivity contribution in [2.45, 2.75) is 64.4 Å². The Bertz CT molecular complexity index is 1210. The van der Waals surface area contributed by atoms with E-state index in [1.54, 1.807) is 12.1 Å². The summed E-state index contributed by atoms with van der Waals surface area (Å²) in [5, 5.41) is 0. The number of hydrogen-bond acceptors (Lipinski definition) is 1. The van der Waals surface area contributed by atoms with Gasteiger partial charge in [0.25, 0.3) is 0 Å². The Balaban J connectivity index is 1.48. The number of aryl methyl sites for hydroxylation is 2. The summed E-state index contributed by atoms with van der Waals surface area (Å²) in [6.07, 6.45) is 8.98. The molecule has 2 atom stereocenters. The van der Waals surface area contributed by atoms with Crippen LogP contribution in [0.2, 0.25) is 0 Å². The summed E-state index contributed by atoms with van der Waals surface area (Å²) in [5.41, 5.74) is 1.31. The van der Waals surface area contributed by atoms with Crippen molar-refractivity contribution in [2.24, 2.45) is 5.92 Å². The lowest BCUT2D eigenvalue weighted by Gasteiger charge is -2.29. The highest BCUT2D eigenvalue weighted by molar-refractivity contribution is 5.72. The number of benzene rings is 3. The molecule has 5 heteroatoms. The highest BCUT2D eigenvalue weighted by Gasteiger charge is 2.24. The van der Waals surface area contributed by atoms with Crippen molar-refractivity contribution in [3.63, 3.8) is 0 Å². The van der Waals surface area contributed by atoms with Crippen LogP contribution in [0.3, 0.4) is 0 Å². The molecule has 1 saturated heterocycles. The molecule has 2 unspecified atom stereocenters. The number of rotatable bonds is 10. The highest BCUT2D eigenvalue weighted by atomic mass is 19.2. The predicted molar refractivity (Wildman–Crippen MR) is 141 cm³/mol. The predicted octanol–water partition coefficient (Wildman–Crippen LogP) is 9.22. The van der Waals surface area contributed by atoms with Gasteiger partial charge in [0.15, 0.2) is 23.3 Å². The molecule has 37 heavy (non-hydrogen) atoms. The second-order valence-corrected chi connectivity index (χ2v) is 9.94. The summed E-state index contributed by atoms with van der Waals surface area (Å²) in [7, 11) is 0. The summed E-state index contributed by atoms with van der Waals surface area (Å²) in [4.78, 5) is 0. The maximum absolute atomic E-state index is 15.1. The largest absolute Gasteiger partial charge is 0.378 e. The monoisotopic (exact) mass is 510 g/mol. The van der Waals surface area contributed by atoms with Crippen LogP contribution >= 0.6 is 0 Å². The molecule has 0 spiro atoms. The van der Waals surface area contributed by atoms with Crippen LogP contribution in [0.15, 0.2) is 61.2 Å². The fraction of sp³-hybridized carbons (Fsp3) is 0.375. The Hall–Kier alpha value is -2.92. The third-order valence-electron chi connectivity index (χ3n) is 7.33. The van der Waals surface area contributed by atoms with Crippen molar-refractivity contribution in [3.05, 3.63) is 95.6 Å². The first-order valence-corrected chi connectivity index (χ1v) is 13.2. The second-order valence-electron chi connectivity index (χ2n) is 9.94. The van der Waals surface area contributed by atoms with E-state index in [0.717, 1.165) is 44.1 Å². The molecule has 3 aromatic carbocycles. The molecule has 0 saturated carbocycles. The van der Waals surface area contributed by atoms with E-state index in [4.69, 9.17) is 4.74 Å². The smallest absolute Gasteiger partial charge is 0.167 e. The average molecular weight is 511 g/mol. The quantitative estimate of drug-likeness (QED) is 0.195. The van der Waals surface area contributed by atoms with Gasteiger partial charge < -0.3 is 4.74 Å². The third-order valence-corrected chi connectivity index (χ3v) is 7.33. The maximum atomic E-state index is 15.1. The van der Waals surface area contributed by atoms with Crippen molar-refractivity contribution in [1.29, 1.82) is 0 Å². The summed E-state index contributed by atoms with van der Waals surface area (Å²) < 4.78 is 66.0. The normalized spacial score (nSPS) is 17.6. The maximum Gasteiger partial charge on any atom is 0.167 e. The summed E-state index contributed by atoms with van der Waals surface area (Å²) >= 11 is 0. The van der Waals surface area contributed by atoms with Crippen molar-refractivity contribution >= 4 is 0 Å². The van der Waals surface area contributed by atoms with E-state index in [1.165, 1.54) is 24.3 Å². The van der Waals surface area contributed by atoms with Gasteiger partial charge in [-0.3, -0.25) is 0 Å². The lowest BCUT2D eigenvalue weighted by atomic mass is 9.90. The molecule has 0 radical (unpaired) electrons. The summed E-state index contributed by atoms with van der Waals surface area (Å²) in [5.74, 6) is -4.13. The minimum absolute atomic E-state index is 0.0740. The van der Waals surface area contributed by atoms with Gasteiger partial charge in [0.05, 0.1) is 6.10 Å². The van der Waals surface area contributed by atoms with E-state index in [1.807, 2.05) is 18.2 Å². The summed E-state index contributed by atoms with van der Waals surface area (Å²) in [6, 6.07) is 12.7. The van der Waals surface area contributed by atoms with Gasteiger partial charge in [-0.25, -0.2) is 17.6 Å². The highest BCUT2D eigenvalue weighted by Crippen LogP contribution is 2.35. The molecule has 1 fully saturated rings. The molecule has 4 rings (SSSR count). The number of ether oxygens (including phenoxy) is 1. The van der Waals surface area contributed by atoms with E-state index in [-0.39, 0.29) is 22.3 Å². The first kappa shape index (κ1) is 27.1. The molecule has 0 aliphatic carbocycles. The lowest BCUT2D eigenvalue weighted by Crippen LogP contribution is -2.26. The first-order chi connectivity index (χ1) is 17.9. The molecule has 1 nitrogen and oxygen atoms in total. The molecule has 196 valence electrons. The van der Waals surface area contributed by atoms with Gasteiger partial charge in [-0.1, -0.05) is 68.0 Å². The Morgan fingerprint density at radius 1 is 0.784 bits per heavy atom. The van der Waals surface area contributed by atoms with Gasteiger partial charge in [-0.15, -0.1) is 6.58 Å². The molecule has 1 aliphatic rings. The van der Waals surface area contributed by atoms with Gasteiger partial charge in [0.1, 0.15) is 0 Å². The van der Waals surface area contributed by atoms with E-state index >= 15 is 13.2 Å². The van der Waals surface area contributed by atoms with Crippen molar-refractivity contribution < 1.29 is 22.3 Å². The minimum atomic E-state index is -1.19. The van der Waals surface area contributed by atoms with Gasteiger partial charge in [0.2, 0.25) is 0 Å². The molecule has 1 heterocycles. The molecule has 1 aliphatic heterocycles. The summed E-state index contributed by atoms with van der Waals surface area (Å²) in [6.45, 7) is 6.48. The standard InChI is InChI=1S/C32H34F4O/c1-3-5-7-21-8-12-23(13-9-21)26-18-19-28(32(36)30(26)34)27-17-15-24(29(33)31(27)35)14-10-22-11-16-25(6-4-2)37-20-22/h3,8-9,12-13,15,17-19,22,25H,1,4-7,10-11,14,16,20H2,2H3. The van der Waals surface area contributed by atoms with E-state index in [9.17, 15) is 4.39 Å². The second kappa shape index (κ2) is 12.6. The zero-order valence-corrected chi connectivity index (χ0v) is 21.3. The van der Waals surface area contributed by atoms with Crippen LogP contribution in [-0.4, -0.2) is 12.7 Å². The molecular weight excluding hydrogens is 476 g/mol. The van der Waals surface area contributed by atoms with E-state index < -0.39 is 23.3 Å². The first-order valence-electron chi connectivity index (χ1n) is 13.2. The number of halogens is 4. The van der Waals surface area contributed by atoms with Crippen molar-refractivity contribution in [1.82, 2.24) is 0 Å². The average Bonchev–Trinajstić information content (AvgIpc) is 2.92. The van der Waals surface area contributed by atoms with Crippen LogP contribution in [0.5, 0.6) is 0 Å². The third kappa shape index (κ3) is 6.32. The SMILES string of the molecule is C=CCCc1ccc(-c2ccc(-c3ccc(CCC4CCC(CCC)OC4)c(F)c3F)c(F)c2F)cc1. The van der Waals surface area contributed by atoms with Gasteiger partial charge in [-0.05, 0) is 67.6 Å². The molecule has 0 aromatic heterocycles.